The van der Waals surface area contributed by atoms with E-state index >= 15 is 0 Å². The zero-order chi connectivity index (χ0) is 23.8. The van der Waals surface area contributed by atoms with E-state index in [9.17, 15) is 9.18 Å². The van der Waals surface area contributed by atoms with Crippen molar-refractivity contribution in [3.05, 3.63) is 81.5 Å². The first-order chi connectivity index (χ1) is 16.5. The van der Waals surface area contributed by atoms with Crippen molar-refractivity contribution < 1.29 is 4.39 Å². The Bertz CT molecular complexity index is 1460. The highest BCUT2D eigenvalue weighted by atomic mass is 35.5. The van der Waals surface area contributed by atoms with E-state index in [-0.39, 0.29) is 11.6 Å². The van der Waals surface area contributed by atoms with Crippen LogP contribution in [0.3, 0.4) is 0 Å². The SMILES string of the molecule is CCC1C=Nc2ncnc(NC(CC)c3cn4ccc(Cl)c4c(=O)n3-c3cccc(F)c3)c2C1. The van der Waals surface area contributed by atoms with E-state index < -0.39 is 5.82 Å². The van der Waals surface area contributed by atoms with Crippen molar-refractivity contribution in [2.45, 2.75) is 39.2 Å². The van der Waals surface area contributed by atoms with Gasteiger partial charge in [0.15, 0.2) is 5.82 Å². The average molecular weight is 479 g/mol. The molecule has 4 aromatic rings. The summed E-state index contributed by atoms with van der Waals surface area (Å²) >= 11 is 6.32. The molecule has 0 aliphatic carbocycles. The highest BCUT2D eigenvalue weighted by molar-refractivity contribution is 6.33. The Morgan fingerprint density at radius 1 is 1.26 bits per heavy atom. The molecule has 1 aliphatic rings. The van der Waals surface area contributed by atoms with Gasteiger partial charge in [-0.25, -0.2) is 19.4 Å². The van der Waals surface area contributed by atoms with Crippen molar-refractivity contribution >= 4 is 35.0 Å². The summed E-state index contributed by atoms with van der Waals surface area (Å²) in [7, 11) is 0. The van der Waals surface area contributed by atoms with Crippen LogP contribution in [0.1, 0.15) is 44.0 Å². The number of anilines is 1. The Morgan fingerprint density at radius 2 is 2.12 bits per heavy atom. The molecule has 0 fully saturated rings. The van der Waals surface area contributed by atoms with E-state index in [0.717, 1.165) is 18.4 Å². The van der Waals surface area contributed by atoms with Gasteiger partial charge in [-0.15, -0.1) is 0 Å². The molecular weight excluding hydrogens is 455 g/mol. The molecule has 0 saturated carbocycles. The predicted molar refractivity (Wildman–Crippen MR) is 132 cm³/mol. The first-order valence-corrected chi connectivity index (χ1v) is 11.7. The van der Waals surface area contributed by atoms with Crippen LogP contribution in [0.5, 0.6) is 0 Å². The highest BCUT2D eigenvalue weighted by Crippen LogP contribution is 2.33. The number of rotatable bonds is 6. The first-order valence-electron chi connectivity index (χ1n) is 11.3. The van der Waals surface area contributed by atoms with Gasteiger partial charge >= 0.3 is 0 Å². The van der Waals surface area contributed by atoms with Gasteiger partial charge in [-0.2, -0.15) is 0 Å². The zero-order valence-electron chi connectivity index (χ0n) is 18.9. The van der Waals surface area contributed by atoms with Crippen LogP contribution in [0.25, 0.3) is 11.2 Å². The molecule has 0 radical (unpaired) electrons. The molecular formula is C25H24ClFN6O. The molecule has 9 heteroatoms. The molecule has 0 spiro atoms. The van der Waals surface area contributed by atoms with Crippen molar-refractivity contribution in [2.24, 2.45) is 10.9 Å². The Kier molecular flexibility index (Phi) is 5.91. The minimum absolute atomic E-state index is 0.300. The number of aliphatic imine (C=N–C) groups is 1. The van der Waals surface area contributed by atoms with E-state index in [1.54, 1.807) is 28.8 Å². The second-order valence-corrected chi connectivity index (χ2v) is 8.78. The number of hydrogen-bond donors (Lipinski definition) is 1. The molecule has 0 amide bonds. The Hall–Kier alpha value is -3.52. The molecule has 1 N–H and O–H groups in total. The lowest BCUT2D eigenvalue weighted by Gasteiger charge is -2.25. The van der Waals surface area contributed by atoms with E-state index in [4.69, 9.17) is 11.6 Å². The van der Waals surface area contributed by atoms with E-state index in [1.807, 2.05) is 19.3 Å². The quantitative estimate of drug-likeness (QED) is 0.396. The maximum absolute atomic E-state index is 14.1. The largest absolute Gasteiger partial charge is 0.361 e. The maximum atomic E-state index is 14.1. The number of hydrogen-bond acceptors (Lipinski definition) is 5. The summed E-state index contributed by atoms with van der Waals surface area (Å²) in [6, 6.07) is 7.37. The van der Waals surface area contributed by atoms with Gasteiger partial charge in [0.05, 0.1) is 22.4 Å². The van der Waals surface area contributed by atoms with E-state index in [1.165, 1.54) is 23.0 Å². The molecule has 4 heterocycles. The number of nitrogens with zero attached hydrogens (tertiary/aromatic N) is 5. The molecule has 1 aliphatic heterocycles. The van der Waals surface area contributed by atoms with Gasteiger partial charge < -0.3 is 9.72 Å². The van der Waals surface area contributed by atoms with Crippen LogP contribution in [-0.2, 0) is 6.42 Å². The normalized spacial score (nSPS) is 15.9. The summed E-state index contributed by atoms with van der Waals surface area (Å²) in [5.74, 6) is 1.25. The minimum Gasteiger partial charge on any atom is -0.361 e. The maximum Gasteiger partial charge on any atom is 0.281 e. The van der Waals surface area contributed by atoms with Crippen molar-refractivity contribution in [2.75, 3.05) is 5.32 Å². The monoisotopic (exact) mass is 478 g/mol. The summed E-state index contributed by atoms with van der Waals surface area (Å²) in [6.45, 7) is 4.15. The van der Waals surface area contributed by atoms with Gasteiger partial charge in [-0.1, -0.05) is 31.5 Å². The molecule has 0 bridgehead atoms. The standard InChI is InChI=1S/C25H24ClFN6O/c1-3-15-10-18-23(28-12-15)29-14-30-24(18)31-20(4-2)21-13-32-9-8-19(26)22(32)25(34)33(21)17-7-5-6-16(27)11-17/h5-9,11-15,20H,3-4,10H2,1-2H3,(H,29,30,31). The van der Waals surface area contributed by atoms with Crippen molar-refractivity contribution in [3.8, 4) is 5.69 Å². The van der Waals surface area contributed by atoms with Gasteiger partial charge in [-0.3, -0.25) is 9.36 Å². The summed E-state index contributed by atoms with van der Waals surface area (Å²) in [4.78, 5) is 26.9. The van der Waals surface area contributed by atoms with Gasteiger partial charge in [0, 0.05) is 24.2 Å². The molecule has 5 rings (SSSR count). The lowest BCUT2D eigenvalue weighted by molar-refractivity contribution is 0.623. The lowest BCUT2D eigenvalue weighted by atomic mass is 9.96. The number of halogens is 2. The smallest absolute Gasteiger partial charge is 0.281 e. The van der Waals surface area contributed by atoms with Crippen LogP contribution in [0.15, 0.2) is 58.8 Å². The van der Waals surface area contributed by atoms with Crippen LogP contribution in [0.4, 0.5) is 16.0 Å². The van der Waals surface area contributed by atoms with Crippen molar-refractivity contribution in [3.63, 3.8) is 0 Å². The third-order valence-electron chi connectivity index (χ3n) is 6.26. The molecule has 0 saturated heterocycles. The first kappa shape index (κ1) is 22.3. The van der Waals surface area contributed by atoms with Crippen LogP contribution in [-0.4, -0.2) is 25.2 Å². The number of nitrogens with one attached hydrogen (secondary N) is 1. The highest BCUT2D eigenvalue weighted by Gasteiger charge is 2.24. The third-order valence-corrected chi connectivity index (χ3v) is 6.57. The molecule has 2 unspecified atom stereocenters. The van der Waals surface area contributed by atoms with Gasteiger partial charge in [-0.05, 0) is 49.4 Å². The van der Waals surface area contributed by atoms with Crippen LogP contribution in [0, 0.1) is 11.7 Å². The topological polar surface area (TPSA) is 76.6 Å². The molecule has 3 aromatic heterocycles. The lowest BCUT2D eigenvalue weighted by Crippen LogP contribution is -2.28. The Labute approximate surface area is 201 Å². The molecule has 7 nitrogen and oxygen atoms in total. The number of fused-ring (bicyclic) bond motifs is 2. The van der Waals surface area contributed by atoms with Crippen molar-refractivity contribution in [1.29, 1.82) is 0 Å². The number of aromatic nitrogens is 4. The van der Waals surface area contributed by atoms with E-state index in [0.29, 0.717) is 45.9 Å². The van der Waals surface area contributed by atoms with Gasteiger partial charge in [0.1, 0.15) is 23.5 Å². The summed E-state index contributed by atoms with van der Waals surface area (Å²) in [5, 5.41) is 3.86. The van der Waals surface area contributed by atoms with Gasteiger partial charge in [0.2, 0.25) is 0 Å². The molecule has 2 atom stereocenters. The van der Waals surface area contributed by atoms with Gasteiger partial charge in [0.25, 0.3) is 5.56 Å². The minimum atomic E-state index is -0.425. The second-order valence-electron chi connectivity index (χ2n) is 8.37. The predicted octanol–water partition coefficient (Wildman–Crippen LogP) is 5.52. The zero-order valence-corrected chi connectivity index (χ0v) is 19.6. The third kappa shape index (κ3) is 3.88. The summed E-state index contributed by atoms with van der Waals surface area (Å²) < 4.78 is 17.4. The Balaban J connectivity index is 1.66. The summed E-state index contributed by atoms with van der Waals surface area (Å²) in [6.07, 6.45) is 9.45. The average Bonchev–Trinajstić information content (AvgIpc) is 3.22. The fourth-order valence-corrected chi connectivity index (χ4v) is 4.65. The molecule has 174 valence electrons. The van der Waals surface area contributed by atoms with Crippen molar-refractivity contribution in [1.82, 2.24) is 18.9 Å². The fraction of sp³-hybridized carbons (Fsp3) is 0.280. The molecule has 34 heavy (non-hydrogen) atoms. The second kappa shape index (κ2) is 9.02. The van der Waals surface area contributed by atoms with E-state index in [2.05, 4.69) is 27.2 Å². The Morgan fingerprint density at radius 3 is 2.88 bits per heavy atom. The number of benzene rings is 1. The van der Waals surface area contributed by atoms with Crippen LogP contribution < -0.4 is 10.9 Å². The van der Waals surface area contributed by atoms with Crippen LogP contribution >= 0.6 is 11.6 Å². The fourth-order valence-electron chi connectivity index (χ4n) is 4.41. The van der Waals surface area contributed by atoms with Crippen LogP contribution in [0.2, 0.25) is 5.02 Å². The summed E-state index contributed by atoms with van der Waals surface area (Å²) in [5.41, 5.74) is 2.07. The molecule has 1 aromatic carbocycles.